The van der Waals surface area contributed by atoms with Gasteiger partial charge in [0.1, 0.15) is 17.9 Å². The van der Waals surface area contributed by atoms with Crippen LogP contribution in [0.25, 0.3) is 11.1 Å². The van der Waals surface area contributed by atoms with Crippen LogP contribution in [0.2, 0.25) is 0 Å². The van der Waals surface area contributed by atoms with Crippen molar-refractivity contribution in [3.05, 3.63) is 72.4 Å². The van der Waals surface area contributed by atoms with Gasteiger partial charge in [0, 0.05) is 43.2 Å². The van der Waals surface area contributed by atoms with E-state index in [4.69, 9.17) is 4.74 Å². The lowest BCUT2D eigenvalue weighted by Gasteiger charge is -2.12. The van der Waals surface area contributed by atoms with Crippen molar-refractivity contribution < 1.29 is 14.3 Å². The number of carbonyl (C=O) groups excluding carboxylic acids is 2. The van der Waals surface area contributed by atoms with Gasteiger partial charge in [0.2, 0.25) is 0 Å². The summed E-state index contributed by atoms with van der Waals surface area (Å²) in [5.74, 6) is 1.17. The second-order valence-electron chi connectivity index (χ2n) is 6.41. The van der Waals surface area contributed by atoms with Crippen molar-refractivity contribution in [3.63, 3.8) is 0 Å². The number of aldehydes is 1. The van der Waals surface area contributed by atoms with Crippen LogP contribution in [0.4, 0.5) is 11.5 Å². The Kier molecular flexibility index (Phi) is 6.01. The largest absolute Gasteiger partial charge is 0.484 e. The second kappa shape index (κ2) is 8.81. The third-order valence-corrected chi connectivity index (χ3v) is 4.09. The van der Waals surface area contributed by atoms with E-state index in [9.17, 15) is 9.59 Å². The molecule has 0 spiro atoms. The summed E-state index contributed by atoms with van der Waals surface area (Å²) < 4.78 is 5.53. The molecule has 1 heterocycles. The Labute approximate surface area is 163 Å². The molecule has 0 aliphatic rings. The quantitative estimate of drug-likeness (QED) is 0.637. The molecule has 1 N–H and O–H groups in total. The molecule has 28 heavy (non-hydrogen) atoms. The normalized spacial score (nSPS) is 10.2. The highest BCUT2D eigenvalue weighted by Gasteiger charge is 2.06. The van der Waals surface area contributed by atoms with Crippen molar-refractivity contribution in [2.45, 2.75) is 0 Å². The lowest BCUT2D eigenvalue weighted by molar-refractivity contribution is -0.130. The van der Waals surface area contributed by atoms with Crippen LogP contribution in [-0.4, -0.2) is 42.8 Å². The molecule has 142 valence electrons. The Hall–Kier alpha value is -3.67. The molecule has 0 aliphatic carbocycles. The molecule has 1 amide bonds. The van der Waals surface area contributed by atoms with E-state index in [2.05, 4.69) is 10.3 Å². The summed E-state index contributed by atoms with van der Waals surface area (Å²) in [7, 11) is 3.38. The van der Waals surface area contributed by atoms with Gasteiger partial charge in [-0.05, 0) is 35.9 Å². The summed E-state index contributed by atoms with van der Waals surface area (Å²) in [6, 6.07) is 18.5. The van der Waals surface area contributed by atoms with E-state index in [1.54, 1.807) is 32.4 Å². The van der Waals surface area contributed by atoms with Crippen LogP contribution in [-0.2, 0) is 4.79 Å². The summed E-state index contributed by atoms with van der Waals surface area (Å²) >= 11 is 0. The Morgan fingerprint density at radius 2 is 1.89 bits per heavy atom. The fourth-order valence-corrected chi connectivity index (χ4v) is 2.52. The van der Waals surface area contributed by atoms with Crippen molar-refractivity contribution in [1.82, 2.24) is 9.88 Å². The van der Waals surface area contributed by atoms with E-state index in [0.29, 0.717) is 17.1 Å². The number of carbonyl (C=O) groups is 2. The number of ether oxygens (including phenoxy) is 1. The van der Waals surface area contributed by atoms with Crippen LogP contribution in [0.1, 0.15) is 10.4 Å². The van der Waals surface area contributed by atoms with Crippen LogP contribution < -0.4 is 10.1 Å². The molecule has 1 aromatic heterocycles. The average Bonchev–Trinajstić information content (AvgIpc) is 2.73. The number of nitrogens with zero attached hydrogens (tertiary/aromatic N) is 2. The molecule has 0 bridgehead atoms. The van der Waals surface area contributed by atoms with Crippen LogP contribution >= 0.6 is 0 Å². The molecule has 6 heteroatoms. The molecular weight excluding hydrogens is 354 g/mol. The van der Waals surface area contributed by atoms with E-state index in [1.807, 2.05) is 48.5 Å². The average molecular weight is 375 g/mol. The number of hydrogen-bond acceptors (Lipinski definition) is 5. The van der Waals surface area contributed by atoms with Gasteiger partial charge in [0.25, 0.3) is 5.91 Å². The number of aromatic nitrogens is 1. The lowest BCUT2D eigenvalue weighted by atomic mass is 10.1. The summed E-state index contributed by atoms with van der Waals surface area (Å²) in [5, 5.41) is 3.21. The molecule has 0 atom stereocenters. The van der Waals surface area contributed by atoms with Crippen LogP contribution in [0.3, 0.4) is 0 Å². The standard InChI is InChI=1S/C22H21N3O3/c1-25(2)22(27)15-28-20-8-4-7-19(12-20)24-21-10-9-18(13-23-21)17-6-3-5-16(11-17)14-26/h3-14H,15H2,1-2H3,(H,23,24). The van der Waals surface area contributed by atoms with Gasteiger partial charge in [-0.3, -0.25) is 9.59 Å². The predicted octanol–water partition coefficient (Wildman–Crippen LogP) is 3.77. The van der Waals surface area contributed by atoms with Gasteiger partial charge >= 0.3 is 0 Å². The zero-order valence-corrected chi connectivity index (χ0v) is 15.8. The summed E-state index contributed by atoms with van der Waals surface area (Å²) in [6.07, 6.45) is 2.58. The third kappa shape index (κ3) is 4.94. The smallest absolute Gasteiger partial charge is 0.259 e. The van der Waals surface area contributed by atoms with Gasteiger partial charge in [0.05, 0.1) is 0 Å². The Balaban J connectivity index is 1.68. The van der Waals surface area contributed by atoms with Gasteiger partial charge < -0.3 is 15.0 Å². The number of rotatable bonds is 7. The fraction of sp³-hybridized carbons (Fsp3) is 0.136. The van der Waals surface area contributed by atoms with Gasteiger partial charge in [-0.1, -0.05) is 24.3 Å². The molecule has 0 fully saturated rings. The first-order valence-electron chi connectivity index (χ1n) is 8.77. The van der Waals surface area contributed by atoms with Crippen LogP contribution in [0, 0.1) is 0 Å². The van der Waals surface area contributed by atoms with E-state index in [1.165, 1.54) is 4.90 Å². The minimum absolute atomic E-state index is 0.0107. The third-order valence-electron chi connectivity index (χ3n) is 4.09. The first-order chi connectivity index (χ1) is 13.5. The molecule has 0 radical (unpaired) electrons. The Morgan fingerprint density at radius 1 is 1.07 bits per heavy atom. The van der Waals surface area contributed by atoms with Crippen molar-refractivity contribution in [2.75, 3.05) is 26.0 Å². The van der Waals surface area contributed by atoms with E-state index < -0.39 is 0 Å². The van der Waals surface area contributed by atoms with Crippen molar-refractivity contribution in [2.24, 2.45) is 0 Å². The zero-order chi connectivity index (χ0) is 19.9. The van der Waals surface area contributed by atoms with Crippen molar-refractivity contribution in [3.8, 4) is 16.9 Å². The first-order valence-corrected chi connectivity index (χ1v) is 8.77. The van der Waals surface area contributed by atoms with E-state index in [0.717, 1.165) is 23.1 Å². The maximum Gasteiger partial charge on any atom is 0.259 e. The number of amides is 1. The molecular formula is C22H21N3O3. The molecule has 2 aromatic carbocycles. The van der Waals surface area contributed by atoms with Gasteiger partial charge in [-0.25, -0.2) is 4.98 Å². The molecule has 0 unspecified atom stereocenters. The molecule has 3 aromatic rings. The highest BCUT2D eigenvalue weighted by atomic mass is 16.5. The fourth-order valence-electron chi connectivity index (χ4n) is 2.52. The molecule has 0 aliphatic heterocycles. The lowest BCUT2D eigenvalue weighted by Crippen LogP contribution is -2.27. The van der Waals surface area contributed by atoms with Crippen molar-refractivity contribution >= 4 is 23.7 Å². The summed E-state index contributed by atoms with van der Waals surface area (Å²) in [6.45, 7) is -0.0107. The number of anilines is 2. The van der Waals surface area contributed by atoms with E-state index >= 15 is 0 Å². The maximum absolute atomic E-state index is 11.6. The van der Waals surface area contributed by atoms with Gasteiger partial charge in [0.15, 0.2) is 6.61 Å². The second-order valence-corrected chi connectivity index (χ2v) is 6.41. The molecule has 6 nitrogen and oxygen atoms in total. The maximum atomic E-state index is 11.6. The molecule has 3 rings (SSSR count). The van der Waals surface area contributed by atoms with Gasteiger partial charge in [-0.2, -0.15) is 0 Å². The highest BCUT2D eigenvalue weighted by Crippen LogP contribution is 2.23. The Bertz CT molecular complexity index is 969. The molecule has 0 saturated heterocycles. The Morgan fingerprint density at radius 3 is 2.61 bits per heavy atom. The highest BCUT2D eigenvalue weighted by molar-refractivity contribution is 5.79. The van der Waals surface area contributed by atoms with E-state index in [-0.39, 0.29) is 12.5 Å². The number of nitrogens with one attached hydrogen (secondary N) is 1. The van der Waals surface area contributed by atoms with Gasteiger partial charge in [-0.15, -0.1) is 0 Å². The minimum atomic E-state index is -0.103. The predicted molar refractivity (Wildman–Crippen MR) is 109 cm³/mol. The SMILES string of the molecule is CN(C)C(=O)COc1cccc(Nc2ccc(-c3cccc(C=O)c3)cn2)c1. The number of hydrogen-bond donors (Lipinski definition) is 1. The summed E-state index contributed by atoms with van der Waals surface area (Å²) in [4.78, 5) is 28.5. The minimum Gasteiger partial charge on any atom is -0.484 e. The van der Waals surface area contributed by atoms with Crippen molar-refractivity contribution in [1.29, 1.82) is 0 Å². The first kappa shape index (κ1) is 19.1. The monoisotopic (exact) mass is 375 g/mol. The van der Waals surface area contributed by atoms with Crippen LogP contribution in [0.5, 0.6) is 5.75 Å². The van der Waals surface area contributed by atoms with Crippen LogP contribution in [0.15, 0.2) is 66.9 Å². The number of pyridine rings is 1. The topological polar surface area (TPSA) is 71.5 Å². The molecule has 0 saturated carbocycles. The number of benzene rings is 2. The zero-order valence-electron chi connectivity index (χ0n) is 15.8. The number of likely N-dealkylation sites (N-methyl/N-ethyl adjacent to an activating group) is 1. The summed E-state index contributed by atoms with van der Waals surface area (Å²) in [5.41, 5.74) is 3.29.